The van der Waals surface area contributed by atoms with E-state index in [1.807, 2.05) is 29.2 Å². The monoisotopic (exact) mass is 295 g/mol. The molecule has 2 rings (SSSR count). The molecule has 1 aliphatic rings. The first kappa shape index (κ1) is 12.6. The van der Waals surface area contributed by atoms with Crippen molar-refractivity contribution in [2.75, 3.05) is 13.1 Å². The summed E-state index contributed by atoms with van der Waals surface area (Å²) < 4.78 is 0. The van der Waals surface area contributed by atoms with E-state index in [1.54, 1.807) is 0 Å². The Morgan fingerprint density at radius 2 is 1.88 bits per heavy atom. The number of rotatable bonds is 2. The summed E-state index contributed by atoms with van der Waals surface area (Å²) in [5, 5.41) is 0.800. The molecule has 1 aromatic rings. The Morgan fingerprint density at radius 1 is 1.18 bits per heavy atom. The molecule has 1 saturated heterocycles. The number of benzene rings is 1. The Hall–Kier alpha value is -0.830. The fourth-order valence-electron chi connectivity index (χ4n) is 2.24. The van der Waals surface area contributed by atoms with Crippen molar-refractivity contribution in [3.63, 3.8) is 0 Å². The Bertz CT molecular complexity index is 384. The topological polar surface area (TPSA) is 20.3 Å². The van der Waals surface area contributed by atoms with Crippen LogP contribution >= 0.6 is 15.9 Å². The van der Waals surface area contributed by atoms with Crippen LogP contribution in [0.5, 0.6) is 0 Å². The molecule has 1 amide bonds. The summed E-state index contributed by atoms with van der Waals surface area (Å²) in [6.45, 7) is 1.83. The lowest BCUT2D eigenvalue weighted by Gasteiger charge is -2.20. The van der Waals surface area contributed by atoms with E-state index >= 15 is 0 Å². The smallest absolute Gasteiger partial charge is 0.253 e. The van der Waals surface area contributed by atoms with Crippen molar-refractivity contribution in [3.05, 3.63) is 35.4 Å². The fraction of sp³-hybridized carbons (Fsp3) is 0.500. The average Bonchev–Trinajstić information content (AvgIpc) is 2.67. The van der Waals surface area contributed by atoms with Gasteiger partial charge in [-0.1, -0.05) is 40.9 Å². The van der Waals surface area contributed by atoms with Gasteiger partial charge < -0.3 is 4.90 Å². The Labute approximate surface area is 111 Å². The molecule has 1 aromatic carbocycles. The highest BCUT2D eigenvalue weighted by molar-refractivity contribution is 9.08. The van der Waals surface area contributed by atoms with Crippen LogP contribution in [-0.4, -0.2) is 23.9 Å². The molecule has 1 heterocycles. The van der Waals surface area contributed by atoms with E-state index in [4.69, 9.17) is 0 Å². The van der Waals surface area contributed by atoms with Crippen LogP contribution in [0, 0.1) is 0 Å². The normalized spacial score (nSPS) is 16.6. The molecule has 3 heteroatoms. The van der Waals surface area contributed by atoms with Gasteiger partial charge in [0, 0.05) is 24.0 Å². The summed E-state index contributed by atoms with van der Waals surface area (Å²) in [4.78, 5) is 14.3. The minimum atomic E-state index is 0.190. The van der Waals surface area contributed by atoms with Crippen LogP contribution in [0.2, 0.25) is 0 Å². The van der Waals surface area contributed by atoms with Gasteiger partial charge in [-0.2, -0.15) is 0 Å². The molecule has 0 aromatic heterocycles. The standard InChI is InChI=1S/C14H18BrNO/c15-11-12-6-5-7-13(10-12)14(17)16-8-3-1-2-4-9-16/h5-7,10H,1-4,8-9,11H2. The molecule has 1 fully saturated rings. The third kappa shape index (κ3) is 3.32. The van der Waals surface area contributed by atoms with Crippen molar-refractivity contribution in [3.8, 4) is 0 Å². The second kappa shape index (κ2) is 6.20. The lowest BCUT2D eigenvalue weighted by molar-refractivity contribution is 0.0761. The third-order valence-electron chi connectivity index (χ3n) is 3.22. The SMILES string of the molecule is O=C(c1cccc(CBr)c1)N1CCCCCC1. The summed E-state index contributed by atoms with van der Waals surface area (Å²) in [6, 6.07) is 7.90. The first-order valence-corrected chi connectivity index (χ1v) is 7.37. The molecule has 2 nitrogen and oxygen atoms in total. The van der Waals surface area contributed by atoms with Gasteiger partial charge in [0.1, 0.15) is 0 Å². The molecular formula is C14H18BrNO. The maximum absolute atomic E-state index is 12.3. The molecule has 92 valence electrons. The van der Waals surface area contributed by atoms with Gasteiger partial charge in [0.25, 0.3) is 5.91 Å². The zero-order valence-corrected chi connectivity index (χ0v) is 11.6. The van der Waals surface area contributed by atoms with E-state index in [1.165, 1.54) is 12.8 Å². The number of halogens is 1. The first-order valence-electron chi connectivity index (χ1n) is 6.25. The van der Waals surface area contributed by atoms with E-state index < -0.39 is 0 Å². The van der Waals surface area contributed by atoms with Crippen LogP contribution in [0.1, 0.15) is 41.6 Å². The van der Waals surface area contributed by atoms with Crippen LogP contribution in [-0.2, 0) is 5.33 Å². The summed E-state index contributed by atoms with van der Waals surface area (Å²) in [6.07, 6.45) is 4.80. The van der Waals surface area contributed by atoms with Crippen LogP contribution < -0.4 is 0 Å². The van der Waals surface area contributed by atoms with E-state index in [0.29, 0.717) is 0 Å². The first-order chi connectivity index (χ1) is 8.31. The lowest BCUT2D eigenvalue weighted by atomic mass is 10.1. The molecule has 0 unspecified atom stereocenters. The Balaban J connectivity index is 2.11. The maximum Gasteiger partial charge on any atom is 0.253 e. The number of amides is 1. The minimum Gasteiger partial charge on any atom is -0.339 e. The van der Waals surface area contributed by atoms with Gasteiger partial charge >= 0.3 is 0 Å². The van der Waals surface area contributed by atoms with Gasteiger partial charge in [0.05, 0.1) is 0 Å². The highest BCUT2D eigenvalue weighted by Gasteiger charge is 2.17. The number of hydrogen-bond donors (Lipinski definition) is 0. The van der Waals surface area contributed by atoms with Crippen LogP contribution in [0.25, 0.3) is 0 Å². The molecule has 0 N–H and O–H groups in total. The predicted molar refractivity (Wildman–Crippen MR) is 73.4 cm³/mol. The van der Waals surface area contributed by atoms with Crippen LogP contribution in [0.4, 0.5) is 0 Å². The van der Waals surface area contributed by atoms with Gasteiger partial charge in [-0.15, -0.1) is 0 Å². The van der Waals surface area contributed by atoms with Crippen molar-refractivity contribution in [2.45, 2.75) is 31.0 Å². The third-order valence-corrected chi connectivity index (χ3v) is 3.87. The van der Waals surface area contributed by atoms with Gasteiger partial charge in [0.2, 0.25) is 0 Å². The highest BCUT2D eigenvalue weighted by atomic mass is 79.9. The van der Waals surface area contributed by atoms with E-state index in [-0.39, 0.29) is 5.91 Å². The number of nitrogens with zero attached hydrogens (tertiary/aromatic N) is 1. The lowest BCUT2D eigenvalue weighted by Crippen LogP contribution is -2.31. The highest BCUT2D eigenvalue weighted by Crippen LogP contribution is 2.15. The summed E-state index contributed by atoms with van der Waals surface area (Å²) >= 11 is 3.42. The van der Waals surface area contributed by atoms with E-state index in [9.17, 15) is 4.79 Å². The van der Waals surface area contributed by atoms with Gasteiger partial charge in [-0.25, -0.2) is 0 Å². The van der Waals surface area contributed by atoms with E-state index in [0.717, 1.165) is 42.4 Å². The van der Waals surface area contributed by atoms with Crippen molar-refractivity contribution in [1.82, 2.24) is 4.90 Å². The molecule has 0 bridgehead atoms. The molecule has 0 spiro atoms. The molecular weight excluding hydrogens is 278 g/mol. The minimum absolute atomic E-state index is 0.190. The van der Waals surface area contributed by atoms with Crippen molar-refractivity contribution in [1.29, 1.82) is 0 Å². The number of alkyl halides is 1. The number of carbonyl (C=O) groups excluding carboxylic acids is 1. The van der Waals surface area contributed by atoms with Gasteiger partial charge in [-0.05, 0) is 30.5 Å². The van der Waals surface area contributed by atoms with Gasteiger partial charge in [0.15, 0.2) is 0 Å². The van der Waals surface area contributed by atoms with Crippen molar-refractivity contribution < 1.29 is 4.79 Å². The van der Waals surface area contributed by atoms with E-state index in [2.05, 4.69) is 15.9 Å². The van der Waals surface area contributed by atoms with Gasteiger partial charge in [-0.3, -0.25) is 4.79 Å². The van der Waals surface area contributed by atoms with Crippen LogP contribution in [0.3, 0.4) is 0 Å². The largest absolute Gasteiger partial charge is 0.339 e. The zero-order chi connectivity index (χ0) is 12.1. The fourth-order valence-corrected chi connectivity index (χ4v) is 2.59. The molecule has 17 heavy (non-hydrogen) atoms. The second-order valence-corrected chi connectivity index (χ2v) is 5.10. The summed E-state index contributed by atoms with van der Waals surface area (Å²) in [5.41, 5.74) is 1.98. The number of hydrogen-bond acceptors (Lipinski definition) is 1. The maximum atomic E-state index is 12.3. The van der Waals surface area contributed by atoms with Crippen molar-refractivity contribution in [2.24, 2.45) is 0 Å². The average molecular weight is 296 g/mol. The molecule has 0 atom stereocenters. The zero-order valence-electron chi connectivity index (χ0n) is 9.99. The number of likely N-dealkylation sites (tertiary alicyclic amines) is 1. The molecule has 0 radical (unpaired) electrons. The Kier molecular flexibility index (Phi) is 4.60. The molecule has 1 aliphatic heterocycles. The van der Waals surface area contributed by atoms with Crippen molar-refractivity contribution >= 4 is 21.8 Å². The van der Waals surface area contributed by atoms with Crippen LogP contribution in [0.15, 0.2) is 24.3 Å². The quantitative estimate of drug-likeness (QED) is 0.764. The second-order valence-electron chi connectivity index (χ2n) is 4.54. The Morgan fingerprint density at radius 3 is 2.53 bits per heavy atom. The predicted octanol–water partition coefficient (Wildman–Crippen LogP) is 3.60. The molecule has 0 saturated carbocycles. The summed E-state index contributed by atoms with van der Waals surface area (Å²) in [7, 11) is 0. The molecule has 0 aliphatic carbocycles. The number of carbonyl (C=O) groups is 1. The summed E-state index contributed by atoms with van der Waals surface area (Å²) in [5.74, 6) is 0.190.